The van der Waals surface area contributed by atoms with E-state index in [9.17, 15) is 4.79 Å². The first-order valence-corrected chi connectivity index (χ1v) is 15.2. The van der Waals surface area contributed by atoms with E-state index in [1.165, 1.54) is 11.8 Å². The first kappa shape index (κ1) is 26.6. The maximum absolute atomic E-state index is 13.2. The number of carbonyl (C=O) groups is 1. The largest absolute Gasteiger partial charge is 0.489 e. The Kier molecular flexibility index (Phi) is 6.69. The molecule has 1 amide bonds. The zero-order valence-electron chi connectivity index (χ0n) is 22.9. The third kappa shape index (κ3) is 4.73. The number of rotatable bonds is 6. The molecular formula is C29H35BrN6O2S. The smallest absolute Gasteiger partial charge is 0.226 e. The molecule has 0 radical (unpaired) electrons. The number of hydrogen-bond acceptors (Lipinski definition) is 7. The van der Waals surface area contributed by atoms with Crippen molar-refractivity contribution in [1.82, 2.24) is 24.4 Å². The van der Waals surface area contributed by atoms with Gasteiger partial charge in [0.1, 0.15) is 12.4 Å². The molecule has 5 aliphatic rings. The highest BCUT2D eigenvalue weighted by Gasteiger charge is 2.68. The van der Waals surface area contributed by atoms with Gasteiger partial charge in [0.25, 0.3) is 0 Å². The second-order valence-electron chi connectivity index (χ2n) is 12.1. The van der Waals surface area contributed by atoms with Gasteiger partial charge in [0, 0.05) is 40.5 Å². The first-order valence-electron chi connectivity index (χ1n) is 13.6. The van der Waals surface area contributed by atoms with Crippen molar-refractivity contribution in [1.29, 1.82) is 0 Å². The van der Waals surface area contributed by atoms with Gasteiger partial charge in [-0.25, -0.2) is 15.0 Å². The minimum atomic E-state index is 0.0876. The molecule has 1 aromatic carbocycles. The first-order chi connectivity index (χ1) is 18.6. The number of nitrogen functional groups attached to an aromatic ring is 1. The van der Waals surface area contributed by atoms with Crippen LogP contribution in [0.3, 0.4) is 0 Å². The number of amides is 1. The molecule has 206 valence electrons. The summed E-state index contributed by atoms with van der Waals surface area (Å²) in [5.41, 5.74) is 8.04. The van der Waals surface area contributed by atoms with Gasteiger partial charge in [-0.1, -0.05) is 33.8 Å². The molecule has 0 atom stereocenters. The molecule has 2 fully saturated rings. The summed E-state index contributed by atoms with van der Waals surface area (Å²) < 4.78 is 8.71. The van der Waals surface area contributed by atoms with Crippen LogP contribution in [-0.4, -0.2) is 50.0 Å². The summed E-state index contributed by atoms with van der Waals surface area (Å²) in [4.78, 5) is 30.2. The Morgan fingerprint density at radius 2 is 1.92 bits per heavy atom. The van der Waals surface area contributed by atoms with E-state index in [1.54, 1.807) is 6.33 Å². The summed E-state index contributed by atoms with van der Waals surface area (Å²) in [7, 11) is 0. The number of ether oxygens (including phenoxy) is 1. The third-order valence-corrected chi connectivity index (χ3v) is 11.2. The molecule has 0 spiro atoms. The Hall–Kier alpha value is -2.59. The van der Waals surface area contributed by atoms with Gasteiger partial charge < -0.3 is 19.9 Å². The quantitative estimate of drug-likeness (QED) is 0.366. The van der Waals surface area contributed by atoms with Gasteiger partial charge >= 0.3 is 0 Å². The molecule has 8 nitrogen and oxygen atoms in total. The lowest BCUT2D eigenvalue weighted by molar-refractivity contribution is -0.135. The van der Waals surface area contributed by atoms with Crippen molar-refractivity contribution in [2.24, 2.45) is 22.7 Å². The average Bonchev–Trinajstić information content (AvgIpc) is 3.17. The summed E-state index contributed by atoms with van der Waals surface area (Å²) >= 11 is 5.16. The number of anilines is 1. The highest BCUT2D eigenvalue weighted by molar-refractivity contribution is 9.10. The van der Waals surface area contributed by atoms with Crippen LogP contribution >= 0.6 is 27.7 Å². The van der Waals surface area contributed by atoms with E-state index in [0.29, 0.717) is 35.1 Å². The summed E-state index contributed by atoms with van der Waals surface area (Å²) in [6, 6.07) is 4.07. The van der Waals surface area contributed by atoms with Gasteiger partial charge in [-0.2, -0.15) is 0 Å². The summed E-state index contributed by atoms with van der Waals surface area (Å²) in [6.45, 7) is 11.9. The fourth-order valence-electron chi connectivity index (χ4n) is 6.20. The Morgan fingerprint density at radius 3 is 2.64 bits per heavy atom. The van der Waals surface area contributed by atoms with Crippen molar-refractivity contribution in [3.05, 3.63) is 34.6 Å². The SMILES string of the molecule is CC1(C)C(C(=O)N2CCC(CCn3cnc(N)c4nc(Sc5cc6c(cc5Br)OCC=C6)nc3-4)CC2)C1(C)C. The topological polar surface area (TPSA) is 99.2 Å². The lowest BCUT2D eigenvalue weighted by Gasteiger charge is -2.33. The maximum Gasteiger partial charge on any atom is 0.226 e. The van der Waals surface area contributed by atoms with E-state index < -0.39 is 0 Å². The van der Waals surface area contributed by atoms with Crippen molar-refractivity contribution >= 4 is 45.5 Å². The number of hydrogen-bond donors (Lipinski definition) is 1. The average molecular weight is 612 g/mol. The van der Waals surface area contributed by atoms with E-state index >= 15 is 0 Å². The number of aryl methyl sites for hydroxylation is 1. The van der Waals surface area contributed by atoms with E-state index in [4.69, 9.17) is 20.4 Å². The predicted molar refractivity (Wildman–Crippen MR) is 157 cm³/mol. The molecule has 1 saturated heterocycles. The number of benzene rings is 1. The molecular weight excluding hydrogens is 576 g/mol. The number of likely N-dealkylation sites (tertiary alicyclic amines) is 1. The van der Waals surface area contributed by atoms with Crippen molar-refractivity contribution in [3.8, 4) is 17.3 Å². The number of carbonyl (C=O) groups excluding carboxylic acids is 1. The van der Waals surface area contributed by atoms with E-state index in [1.807, 2.05) is 12.1 Å². The highest BCUT2D eigenvalue weighted by atomic mass is 79.9. The molecule has 6 rings (SSSR count). The van der Waals surface area contributed by atoms with Crippen LogP contribution < -0.4 is 10.5 Å². The standard InChI is InChI=1S/C29H35BrN6O2S/c1-28(2)23(29(28,3)4)26(37)35-10-7-17(8-11-35)9-12-36-16-32-24(31)22-25(36)34-27(33-22)39-21-14-18-6-5-13-38-20(18)15-19(21)30/h5-6,14-17,23H,7-13,31H2,1-4H3. The van der Waals surface area contributed by atoms with Crippen LogP contribution in [0.1, 0.15) is 52.5 Å². The van der Waals surface area contributed by atoms with Crippen LogP contribution in [0.25, 0.3) is 17.6 Å². The van der Waals surface area contributed by atoms with Crippen LogP contribution in [0.15, 0.2) is 39.1 Å². The molecule has 39 heavy (non-hydrogen) atoms. The van der Waals surface area contributed by atoms with Crippen LogP contribution in [0.4, 0.5) is 5.82 Å². The van der Waals surface area contributed by atoms with Crippen LogP contribution in [0.5, 0.6) is 5.75 Å². The number of aromatic nitrogens is 4. The zero-order valence-corrected chi connectivity index (χ0v) is 25.3. The summed E-state index contributed by atoms with van der Waals surface area (Å²) in [5, 5.41) is 0.637. The molecule has 4 heterocycles. The zero-order chi connectivity index (χ0) is 27.5. The van der Waals surface area contributed by atoms with E-state index in [-0.39, 0.29) is 16.7 Å². The summed E-state index contributed by atoms with van der Waals surface area (Å²) in [5.74, 6) is 3.05. The van der Waals surface area contributed by atoms with Gasteiger partial charge in [-0.15, -0.1) is 0 Å². The van der Waals surface area contributed by atoms with Gasteiger partial charge in [0.05, 0.1) is 6.33 Å². The monoisotopic (exact) mass is 610 g/mol. The lowest BCUT2D eigenvalue weighted by Crippen LogP contribution is -2.40. The number of halogens is 1. The molecule has 1 saturated carbocycles. The van der Waals surface area contributed by atoms with Crippen molar-refractivity contribution in [2.45, 2.75) is 63.6 Å². The van der Waals surface area contributed by atoms with Gasteiger partial charge in [0.15, 0.2) is 22.5 Å². The normalized spacial score (nSPS) is 20.2. The molecule has 1 aromatic rings. The van der Waals surface area contributed by atoms with Crippen molar-refractivity contribution in [3.63, 3.8) is 0 Å². The second kappa shape index (κ2) is 9.80. The fourth-order valence-corrected chi connectivity index (χ4v) is 7.57. The molecule has 0 bridgehead atoms. The van der Waals surface area contributed by atoms with Crippen LogP contribution in [0.2, 0.25) is 0 Å². The lowest BCUT2D eigenvalue weighted by atomic mass is 9.93. The minimum absolute atomic E-state index is 0.0876. The second-order valence-corrected chi connectivity index (χ2v) is 13.9. The fraction of sp³-hybridized carbons (Fsp3) is 0.517. The molecule has 10 heteroatoms. The molecule has 4 aliphatic heterocycles. The Balaban J connectivity index is 1.11. The van der Waals surface area contributed by atoms with Crippen molar-refractivity contribution < 1.29 is 9.53 Å². The predicted octanol–water partition coefficient (Wildman–Crippen LogP) is 5.99. The van der Waals surface area contributed by atoms with Gasteiger partial charge in [0.2, 0.25) is 5.91 Å². The highest BCUT2D eigenvalue weighted by Crippen LogP contribution is 2.68. The van der Waals surface area contributed by atoms with E-state index in [0.717, 1.165) is 65.4 Å². The molecule has 1 aliphatic carbocycles. The molecule has 2 N–H and O–H groups in total. The number of nitrogens with two attached hydrogens (primary N) is 1. The van der Waals surface area contributed by atoms with E-state index in [2.05, 4.69) is 70.2 Å². The Morgan fingerprint density at radius 1 is 1.18 bits per heavy atom. The molecule has 0 unspecified atom stereocenters. The third-order valence-electron chi connectivity index (χ3n) is 9.34. The number of piperidine rings is 1. The number of nitrogens with zero attached hydrogens (tertiary/aromatic N) is 5. The minimum Gasteiger partial charge on any atom is -0.489 e. The molecule has 0 aromatic heterocycles. The van der Waals surface area contributed by atoms with Crippen LogP contribution in [0, 0.1) is 22.7 Å². The van der Waals surface area contributed by atoms with Gasteiger partial charge in [-0.3, -0.25) is 4.79 Å². The van der Waals surface area contributed by atoms with Gasteiger partial charge in [-0.05, 0) is 81.9 Å². The Labute approximate surface area is 242 Å². The summed E-state index contributed by atoms with van der Waals surface area (Å²) in [6.07, 6.45) is 8.91. The van der Waals surface area contributed by atoms with Crippen LogP contribution in [-0.2, 0) is 11.3 Å². The number of fused-ring (bicyclic) bond motifs is 2. The van der Waals surface area contributed by atoms with Crippen molar-refractivity contribution in [2.75, 3.05) is 25.4 Å². The Bertz CT molecular complexity index is 1410. The maximum atomic E-state index is 13.2. The number of imidazole rings is 1.